The topological polar surface area (TPSA) is 65.6 Å². The van der Waals surface area contributed by atoms with Crippen molar-refractivity contribution in [1.29, 1.82) is 0 Å². The van der Waals surface area contributed by atoms with Crippen LogP contribution in [0.15, 0.2) is 54.7 Å². The van der Waals surface area contributed by atoms with Crippen molar-refractivity contribution in [1.82, 2.24) is 14.8 Å². The highest BCUT2D eigenvalue weighted by Crippen LogP contribution is 2.34. The van der Waals surface area contributed by atoms with Gasteiger partial charge in [-0.25, -0.2) is 4.39 Å². The van der Waals surface area contributed by atoms with E-state index in [1.54, 1.807) is 9.80 Å². The molecule has 2 aliphatic heterocycles. The third-order valence-electron chi connectivity index (χ3n) is 5.95. The summed E-state index contributed by atoms with van der Waals surface area (Å²) in [4.78, 5) is 31.4. The molecule has 7 heteroatoms. The number of carbonyl (C=O) groups excluding carboxylic acids is 2. The molecule has 0 radical (unpaired) electrons. The molecular formula is C24H22FN3O3. The second-order valence-corrected chi connectivity index (χ2v) is 7.82. The molecule has 2 aliphatic rings. The Labute approximate surface area is 178 Å². The van der Waals surface area contributed by atoms with E-state index < -0.39 is 0 Å². The number of amides is 2. The highest BCUT2D eigenvalue weighted by atomic mass is 19.1. The highest BCUT2D eigenvalue weighted by Gasteiger charge is 2.31. The summed E-state index contributed by atoms with van der Waals surface area (Å²) in [6.07, 6.45) is 2.97. The molecule has 0 spiro atoms. The molecule has 3 aromatic rings. The van der Waals surface area contributed by atoms with Crippen LogP contribution in [-0.2, 0) is 16.0 Å². The van der Waals surface area contributed by atoms with E-state index in [9.17, 15) is 14.0 Å². The van der Waals surface area contributed by atoms with E-state index in [2.05, 4.69) is 11.1 Å². The van der Waals surface area contributed by atoms with Crippen molar-refractivity contribution < 1.29 is 18.7 Å². The van der Waals surface area contributed by atoms with Crippen LogP contribution in [0.3, 0.4) is 0 Å². The lowest BCUT2D eigenvalue weighted by Crippen LogP contribution is -2.42. The van der Waals surface area contributed by atoms with Crippen LogP contribution in [0.5, 0.6) is 0 Å². The van der Waals surface area contributed by atoms with Gasteiger partial charge in [-0.3, -0.25) is 9.59 Å². The van der Waals surface area contributed by atoms with Crippen molar-refractivity contribution in [2.75, 3.05) is 26.2 Å². The van der Waals surface area contributed by atoms with Gasteiger partial charge in [0.25, 0.3) is 5.91 Å². The summed E-state index contributed by atoms with van der Waals surface area (Å²) < 4.78 is 19.4. The number of nitrogens with one attached hydrogen (secondary N) is 1. The first-order valence-corrected chi connectivity index (χ1v) is 10.3. The number of carbonyl (C=O) groups is 2. The molecule has 1 unspecified atom stereocenters. The van der Waals surface area contributed by atoms with Gasteiger partial charge in [0.15, 0.2) is 0 Å². The second-order valence-electron chi connectivity index (χ2n) is 7.82. The number of morpholine rings is 1. The number of benzene rings is 2. The standard InChI is InChI=1S/C24H22FN3O3/c25-17-7-5-16(6-8-17)24(30)28-10-9-19-18-3-1-2-4-21(18)26-23(19)20(13-28)22-14-27(15-29)11-12-31-22/h1-8,13,15,22,26H,9-12,14H2. The molecule has 1 aromatic heterocycles. The Bertz CT molecular complexity index is 1170. The van der Waals surface area contributed by atoms with Gasteiger partial charge in [-0.2, -0.15) is 0 Å². The van der Waals surface area contributed by atoms with Crippen LogP contribution < -0.4 is 0 Å². The number of aromatic nitrogens is 1. The fourth-order valence-electron chi connectivity index (χ4n) is 4.35. The van der Waals surface area contributed by atoms with E-state index >= 15 is 0 Å². The number of hydrogen-bond acceptors (Lipinski definition) is 3. The molecule has 6 nitrogen and oxygen atoms in total. The van der Waals surface area contributed by atoms with Crippen molar-refractivity contribution in [3.8, 4) is 0 Å². The molecule has 1 N–H and O–H groups in total. The van der Waals surface area contributed by atoms with Crippen LogP contribution in [0.1, 0.15) is 21.6 Å². The number of nitrogens with zero attached hydrogens (tertiary/aromatic N) is 2. The van der Waals surface area contributed by atoms with E-state index in [0.29, 0.717) is 38.2 Å². The van der Waals surface area contributed by atoms with Gasteiger partial charge in [-0.05, 0) is 42.3 Å². The maximum Gasteiger partial charge on any atom is 0.257 e. The summed E-state index contributed by atoms with van der Waals surface area (Å²) in [5, 5.41) is 1.11. The van der Waals surface area contributed by atoms with Crippen molar-refractivity contribution in [3.63, 3.8) is 0 Å². The molecule has 158 valence electrons. The van der Waals surface area contributed by atoms with Gasteiger partial charge in [-0.15, -0.1) is 0 Å². The fraction of sp³-hybridized carbons (Fsp3) is 0.250. The van der Waals surface area contributed by atoms with E-state index in [4.69, 9.17) is 4.74 Å². The third-order valence-corrected chi connectivity index (χ3v) is 5.95. The lowest BCUT2D eigenvalue weighted by atomic mass is 10.00. The summed E-state index contributed by atoms with van der Waals surface area (Å²) in [6.45, 7) is 1.88. The second kappa shape index (κ2) is 8.00. The zero-order valence-electron chi connectivity index (χ0n) is 16.9. The normalized spacial score (nSPS) is 19.0. The number of fused-ring (bicyclic) bond motifs is 3. The number of para-hydroxylation sites is 1. The van der Waals surface area contributed by atoms with E-state index in [0.717, 1.165) is 34.1 Å². The molecule has 0 bridgehead atoms. The van der Waals surface area contributed by atoms with Gasteiger partial charge in [0.05, 0.1) is 13.2 Å². The molecule has 1 atom stereocenters. The summed E-state index contributed by atoms with van der Waals surface area (Å²) in [6, 6.07) is 13.7. The Kier molecular flexibility index (Phi) is 5.03. The molecule has 3 heterocycles. The minimum Gasteiger partial charge on any atom is -0.370 e. The molecule has 0 saturated carbocycles. The zero-order valence-corrected chi connectivity index (χ0v) is 16.9. The van der Waals surface area contributed by atoms with Crippen LogP contribution in [-0.4, -0.2) is 59.4 Å². The number of aromatic amines is 1. The average Bonchev–Trinajstić information content (AvgIpc) is 3.07. The monoisotopic (exact) mass is 419 g/mol. The molecule has 5 rings (SSSR count). The summed E-state index contributed by atoms with van der Waals surface area (Å²) in [5.74, 6) is -0.579. The third kappa shape index (κ3) is 3.61. The molecule has 1 fully saturated rings. The lowest BCUT2D eigenvalue weighted by Gasteiger charge is -2.32. The zero-order chi connectivity index (χ0) is 21.4. The first-order chi connectivity index (χ1) is 15.1. The Hall–Kier alpha value is -3.45. The predicted molar refractivity (Wildman–Crippen MR) is 115 cm³/mol. The number of hydrogen-bond donors (Lipinski definition) is 1. The van der Waals surface area contributed by atoms with Gasteiger partial charge in [0.2, 0.25) is 6.41 Å². The summed E-state index contributed by atoms with van der Waals surface area (Å²) in [7, 11) is 0. The van der Waals surface area contributed by atoms with Crippen molar-refractivity contribution >= 4 is 28.8 Å². The molecule has 2 aromatic carbocycles. The van der Waals surface area contributed by atoms with Gasteiger partial charge in [-0.1, -0.05) is 18.2 Å². The van der Waals surface area contributed by atoms with Crippen LogP contribution in [0, 0.1) is 5.82 Å². The first kappa shape index (κ1) is 19.5. The smallest absolute Gasteiger partial charge is 0.257 e. The van der Waals surface area contributed by atoms with Crippen LogP contribution in [0.25, 0.3) is 16.5 Å². The number of ether oxygens (including phenoxy) is 1. The number of rotatable bonds is 3. The van der Waals surface area contributed by atoms with E-state index in [1.165, 1.54) is 24.3 Å². The predicted octanol–water partition coefficient (Wildman–Crippen LogP) is 3.20. The average molecular weight is 419 g/mol. The molecule has 1 saturated heterocycles. The van der Waals surface area contributed by atoms with Gasteiger partial charge in [0, 0.05) is 47.0 Å². The summed E-state index contributed by atoms with van der Waals surface area (Å²) in [5.41, 5.74) is 4.36. The Balaban J connectivity index is 1.58. The van der Waals surface area contributed by atoms with Crippen LogP contribution in [0.2, 0.25) is 0 Å². The number of halogens is 1. The van der Waals surface area contributed by atoms with Crippen molar-refractivity contribution in [2.45, 2.75) is 12.5 Å². The minimum atomic E-state index is -0.380. The van der Waals surface area contributed by atoms with Gasteiger partial charge in [0.1, 0.15) is 11.9 Å². The fourth-order valence-corrected chi connectivity index (χ4v) is 4.35. The SMILES string of the molecule is O=CN1CCOC(C2=CN(C(=O)c3ccc(F)cc3)CCc3c2[nH]c2ccccc32)C1. The van der Waals surface area contributed by atoms with Crippen LogP contribution in [0.4, 0.5) is 4.39 Å². The van der Waals surface area contributed by atoms with E-state index in [1.807, 2.05) is 24.4 Å². The van der Waals surface area contributed by atoms with Crippen LogP contribution >= 0.6 is 0 Å². The Morgan fingerprint density at radius 1 is 1.13 bits per heavy atom. The molecule has 31 heavy (non-hydrogen) atoms. The van der Waals surface area contributed by atoms with Crippen molar-refractivity contribution in [3.05, 3.63) is 77.4 Å². The quantitative estimate of drug-likeness (QED) is 0.663. The van der Waals surface area contributed by atoms with Gasteiger partial charge >= 0.3 is 0 Å². The minimum absolute atomic E-state index is 0.199. The highest BCUT2D eigenvalue weighted by molar-refractivity contribution is 5.97. The van der Waals surface area contributed by atoms with Crippen molar-refractivity contribution in [2.24, 2.45) is 0 Å². The van der Waals surface area contributed by atoms with E-state index in [-0.39, 0.29) is 17.8 Å². The lowest BCUT2D eigenvalue weighted by molar-refractivity contribution is -0.123. The molecule has 2 amide bonds. The largest absolute Gasteiger partial charge is 0.370 e. The maximum atomic E-state index is 13.3. The number of H-pyrrole nitrogens is 1. The summed E-state index contributed by atoms with van der Waals surface area (Å²) >= 11 is 0. The molecule has 0 aliphatic carbocycles. The maximum absolute atomic E-state index is 13.3. The first-order valence-electron chi connectivity index (χ1n) is 10.3. The van der Waals surface area contributed by atoms with Gasteiger partial charge < -0.3 is 19.5 Å². The molecular weight excluding hydrogens is 397 g/mol. The Morgan fingerprint density at radius 3 is 2.74 bits per heavy atom. The Morgan fingerprint density at radius 2 is 1.94 bits per heavy atom.